The summed E-state index contributed by atoms with van der Waals surface area (Å²) in [5.74, 6) is 0.380. The molecule has 2 aliphatic heterocycles. The van der Waals surface area contributed by atoms with E-state index in [0.717, 1.165) is 22.7 Å². The van der Waals surface area contributed by atoms with E-state index >= 15 is 0 Å². The van der Waals surface area contributed by atoms with Crippen LogP contribution in [-0.4, -0.2) is 107 Å². The van der Waals surface area contributed by atoms with Gasteiger partial charge in [-0.25, -0.2) is 13.2 Å². The Labute approximate surface area is 314 Å². The molecule has 2 saturated heterocycles. The number of aliphatic hydroxyl groups is 1. The highest BCUT2D eigenvalue weighted by molar-refractivity contribution is 7.89. The van der Waals surface area contributed by atoms with Gasteiger partial charge in [0.25, 0.3) is 0 Å². The summed E-state index contributed by atoms with van der Waals surface area (Å²) in [6, 6.07) is 14.2. The number of fused-ring (bicyclic) bond motifs is 1. The van der Waals surface area contributed by atoms with E-state index in [1.165, 1.54) is 31.4 Å². The smallest absolute Gasteiger partial charge is 0.407 e. The number of nitrogens with one attached hydrogen (secondary N) is 1. The number of rotatable bonds is 23. The summed E-state index contributed by atoms with van der Waals surface area (Å²) in [5, 5.41) is 14.6. The van der Waals surface area contributed by atoms with E-state index in [0.29, 0.717) is 31.6 Å². The van der Waals surface area contributed by atoms with Gasteiger partial charge in [-0.2, -0.15) is 4.31 Å². The summed E-state index contributed by atoms with van der Waals surface area (Å²) in [7, 11) is -6.47. The Morgan fingerprint density at radius 3 is 2.32 bits per heavy atom. The molecule has 2 aromatic carbocycles. The molecule has 2 N–H and O–H groups in total. The van der Waals surface area contributed by atoms with Crippen molar-refractivity contribution in [1.29, 1.82) is 0 Å². The first kappa shape index (κ1) is 43.1. The molecule has 2 aromatic rings. The van der Waals surface area contributed by atoms with Crippen molar-refractivity contribution in [3.05, 3.63) is 60.2 Å². The van der Waals surface area contributed by atoms with Crippen LogP contribution in [0.2, 0.25) is 0 Å². The monoisotopic (exact) mass is 784 g/mol. The molecule has 0 aromatic heterocycles. The number of hydrogen-bond acceptors (Lipinski definition) is 12. The van der Waals surface area contributed by atoms with Crippen molar-refractivity contribution in [2.75, 3.05) is 53.0 Å². The number of aliphatic hydroxyl groups excluding tert-OH is 1. The maximum Gasteiger partial charge on any atom is 0.407 e. The summed E-state index contributed by atoms with van der Waals surface area (Å²) in [6.07, 6.45) is 0.421. The largest absolute Gasteiger partial charge is 0.497 e. The fourth-order valence-corrected chi connectivity index (χ4v) is 9.19. The number of carbonyl (C=O) groups is 1. The van der Waals surface area contributed by atoms with Crippen LogP contribution in [0.4, 0.5) is 4.79 Å². The average molecular weight is 785 g/mol. The number of unbranched alkanes of at least 4 members (excludes halogenated alkanes) is 2. The molecule has 53 heavy (non-hydrogen) atoms. The number of hydrogen-bond donors (Lipinski definition) is 2. The van der Waals surface area contributed by atoms with Crippen LogP contribution < -0.4 is 10.1 Å². The minimum atomic E-state index is -4.27. The van der Waals surface area contributed by atoms with Gasteiger partial charge >= 0.3 is 13.7 Å². The molecule has 5 atom stereocenters. The van der Waals surface area contributed by atoms with Gasteiger partial charge in [0.05, 0.1) is 62.1 Å². The van der Waals surface area contributed by atoms with Crippen LogP contribution in [-0.2, 0) is 49.0 Å². The zero-order chi connectivity index (χ0) is 38.5. The van der Waals surface area contributed by atoms with Gasteiger partial charge in [-0.1, -0.05) is 57.0 Å². The molecule has 298 valence electrons. The highest BCUT2D eigenvalue weighted by Gasteiger charge is 2.44. The summed E-state index contributed by atoms with van der Waals surface area (Å²) >= 11 is 0. The van der Waals surface area contributed by atoms with Crippen molar-refractivity contribution in [1.82, 2.24) is 9.62 Å². The highest BCUT2D eigenvalue weighted by atomic mass is 32.2. The molecule has 0 saturated carbocycles. The number of amides is 1. The van der Waals surface area contributed by atoms with Crippen LogP contribution in [0.3, 0.4) is 0 Å². The fraction of sp³-hybridized carbons (Fsp3) is 0.649. The van der Waals surface area contributed by atoms with Gasteiger partial charge in [0, 0.05) is 13.1 Å². The molecule has 14 nitrogen and oxygen atoms in total. The van der Waals surface area contributed by atoms with Crippen LogP contribution in [0.1, 0.15) is 65.4 Å². The number of methoxy groups -OCH3 is 1. The van der Waals surface area contributed by atoms with Crippen LogP contribution in [0, 0.1) is 5.92 Å². The molecule has 0 spiro atoms. The van der Waals surface area contributed by atoms with E-state index in [1.54, 1.807) is 13.8 Å². The maximum atomic E-state index is 14.3. The Hall–Kier alpha value is -2.59. The van der Waals surface area contributed by atoms with Gasteiger partial charge in [-0.15, -0.1) is 0 Å². The quantitative estimate of drug-likeness (QED) is 0.104. The van der Waals surface area contributed by atoms with Gasteiger partial charge in [0.15, 0.2) is 6.29 Å². The van der Waals surface area contributed by atoms with Crippen LogP contribution in [0.5, 0.6) is 5.75 Å². The third kappa shape index (κ3) is 13.0. The Bertz CT molecular complexity index is 1550. The molecule has 1 amide bonds. The lowest BCUT2D eigenvalue weighted by Crippen LogP contribution is -2.53. The Balaban J connectivity index is 1.57. The predicted molar refractivity (Wildman–Crippen MR) is 198 cm³/mol. The van der Waals surface area contributed by atoms with E-state index in [1.807, 2.05) is 44.2 Å². The number of carbonyl (C=O) groups excluding carboxylic acids is 1. The van der Waals surface area contributed by atoms with Gasteiger partial charge in [-0.3, -0.25) is 4.57 Å². The van der Waals surface area contributed by atoms with Gasteiger partial charge < -0.3 is 43.2 Å². The summed E-state index contributed by atoms with van der Waals surface area (Å²) < 4.78 is 83.1. The van der Waals surface area contributed by atoms with Crippen LogP contribution in [0.15, 0.2) is 59.5 Å². The lowest BCUT2D eigenvalue weighted by atomic mass is 10.0. The van der Waals surface area contributed by atoms with Gasteiger partial charge in [-0.05, 0) is 69.4 Å². The molecule has 4 rings (SSSR count). The average Bonchev–Trinajstić information content (AvgIpc) is 3.76. The molecule has 2 heterocycles. The number of nitrogens with zero attached hydrogens (tertiary/aromatic N) is 1. The normalized spacial score (nSPS) is 20.2. The van der Waals surface area contributed by atoms with Crippen molar-refractivity contribution >= 4 is 23.7 Å². The molecule has 0 bridgehead atoms. The van der Waals surface area contributed by atoms with Crippen molar-refractivity contribution in [3.8, 4) is 5.75 Å². The summed E-state index contributed by atoms with van der Waals surface area (Å²) in [5.41, 5.74) is -0.429. The lowest BCUT2D eigenvalue weighted by molar-refractivity contribution is -0.0907. The second-order valence-electron chi connectivity index (χ2n) is 14.0. The van der Waals surface area contributed by atoms with E-state index in [4.69, 9.17) is 32.7 Å². The van der Waals surface area contributed by atoms with Crippen molar-refractivity contribution in [2.24, 2.45) is 5.92 Å². The van der Waals surface area contributed by atoms with E-state index in [-0.39, 0.29) is 43.6 Å². The zero-order valence-electron chi connectivity index (χ0n) is 31.5. The first-order chi connectivity index (χ1) is 25.3. The molecule has 16 heteroatoms. The van der Waals surface area contributed by atoms with Crippen LogP contribution >= 0.6 is 7.60 Å². The molecule has 5 unspecified atom stereocenters. The Kier molecular flexibility index (Phi) is 16.6. The van der Waals surface area contributed by atoms with E-state index in [9.17, 15) is 22.9 Å². The third-order valence-electron chi connectivity index (χ3n) is 9.14. The predicted octanol–water partition coefficient (Wildman–Crippen LogP) is 5.72. The second kappa shape index (κ2) is 20.4. The third-order valence-corrected chi connectivity index (χ3v) is 12.6. The number of sulfonamides is 1. The van der Waals surface area contributed by atoms with Crippen molar-refractivity contribution in [2.45, 2.75) is 101 Å². The molecule has 2 fully saturated rings. The van der Waals surface area contributed by atoms with Gasteiger partial charge in [0.1, 0.15) is 18.2 Å². The number of alkyl carbamates (subject to hydrolysis) is 1. The standard InChI is InChI=1S/C37H57N2O12PS/c1-6-8-20-49-52(42,50-21-9-7-2)27-48-37(3,4)26-39(53(43,44)30-17-15-29(45-5)16-18-30)24-33(40)32(23-28-13-11-10-12-14-28)38-36(41)51-34-25-47-35-31(34)19-22-46-35/h10-18,31-35,40H,6-9,19-27H2,1-5H3,(H,38,41). The zero-order valence-corrected chi connectivity index (χ0v) is 33.2. The van der Waals surface area contributed by atoms with E-state index in [2.05, 4.69) is 5.32 Å². The minimum absolute atomic E-state index is 0.0423. The Morgan fingerprint density at radius 2 is 1.70 bits per heavy atom. The topological polar surface area (TPSA) is 168 Å². The first-order valence-electron chi connectivity index (χ1n) is 18.4. The lowest BCUT2D eigenvalue weighted by Gasteiger charge is -2.35. The highest BCUT2D eigenvalue weighted by Crippen LogP contribution is 2.49. The molecular formula is C37H57N2O12PS. The Morgan fingerprint density at radius 1 is 1.04 bits per heavy atom. The second-order valence-corrected chi connectivity index (χ2v) is 17.9. The van der Waals surface area contributed by atoms with E-state index < -0.39 is 66.7 Å². The SMILES string of the molecule is CCCCOP(=O)(COC(C)(C)CN(CC(O)C(Cc1ccccc1)NC(=O)OC1COC2OCCC12)S(=O)(=O)c1ccc(OC)cc1)OCCCC. The minimum Gasteiger partial charge on any atom is -0.497 e. The van der Waals surface area contributed by atoms with Crippen molar-refractivity contribution in [3.63, 3.8) is 0 Å². The van der Waals surface area contributed by atoms with Crippen LogP contribution in [0.25, 0.3) is 0 Å². The molecular weight excluding hydrogens is 727 g/mol. The number of benzene rings is 2. The summed E-state index contributed by atoms with van der Waals surface area (Å²) in [4.78, 5) is 13.3. The molecule has 0 radical (unpaired) electrons. The van der Waals surface area contributed by atoms with Gasteiger partial charge in [0.2, 0.25) is 10.0 Å². The van der Waals surface area contributed by atoms with Crippen molar-refractivity contribution < 1.29 is 55.6 Å². The maximum absolute atomic E-state index is 14.3. The molecule has 2 aliphatic rings. The summed E-state index contributed by atoms with van der Waals surface area (Å²) in [6.45, 7) is 7.80. The molecule has 0 aliphatic carbocycles. The fourth-order valence-electron chi connectivity index (χ4n) is 6.03. The first-order valence-corrected chi connectivity index (χ1v) is 21.5. The number of ether oxygens (including phenoxy) is 5.